The number of nitrogens with zero attached hydrogens (tertiary/aromatic N) is 3. The normalized spacial score (nSPS) is 13.2. The molecule has 2 amide bonds. The minimum atomic E-state index is -0.172. The predicted molar refractivity (Wildman–Crippen MR) is 92.5 cm³/mol. The van der Waals surface area contributed by atoms with E-state index in [2.05, 4.69) is 39.7 Å². The molecule has 0 fully saturated rings. The van der Waals surface area contributed by atoms with Crippen molar-refractivity contribution in [2.45, 2.75) is 25.9 Å². The number of para-hydroxylation sites is 1. The van der Waals surface area contributed by atoms with E-state index in [1.165, 1.54) is 0 Å². The van der Waals surface area contributed by atoms with Gasteiger partial charge in [0.25, 0.3) is 0 Å². The number of aryl methyl sites for hydroxylation is 1. The first-order valence-electron chi connectivity index (χ1n) is 7.78. The number of rotatable bonds is 6. The average molecular weight is 315 g/mol. The first-order valence-corrected chi connectivity index (χ1v) is 7.78. The van der Waals surface area contributed by atoms with Crippen molar-refractivity contribution in [2.75, 3.05) is 18.5 Å². The lowest BCUT2D eigenvalue weighted by atomic mass is 10.2. The molecule has 6 nitrogen and oxygen atoms in total. The first-order chi connectivity index (χ1) is 11.0. The lowest BCUT2D eigenvalue weighted by Gasteiger charge is -2.27. The van der Waals surface area contributed by atoms with Crippen LogP contribution in [0.1, 0.15) is 25.5 Å². The predicted octanol–water partition coefficient (Wildman–Crippen LogP) is 2.31. The number of hydrogen-bond acceptors (Lipinski definition) is 3. The number of nitrogens with one attached hydrogen (secondary N) is 2. The van der Waals surface area contributed by atoms with E-state index < -0.39 is 0 Å². The number of carbonyl (C=O) groups excluding carboxylic acids is 1. The van der Waals surface area contributed by atoms with Gasteiger partial charge in [-0.3, -0.25) is 4.68 Å². The number of amides is 2. The Morgan fingerprint density at radius 2 is 2.00 bits per heavy atom. The number of carbonyl (C=O) groups is 1. The molecule has 0 aliphatic rings. The molecule has 0 spiro atoms. The van der Waals surface area contributed by atoms with E-state index in [-0.39, 0.29) is 18.1 Å². The Kier molecular flexibility index (Phi) is 5.62. The van der Waals surface area contributed by atoms with Crippen LogP contribution in [0.25, 0.3) is 0 Å². The van der Waals surface area contributed by atoms with Crippen LogP contribution in [-0.4, -0.2) is 35.4 Å². The average Bonchev–Trinajstić information content (AvgIpc) is 2.99. The Morgan fingerprint density at radius 3 is 2.61 bits per heavy atom. The number of hydrogen-bond donors (Lipinski definition) is 2. The summed E-state index contributed by atoms with van der Waals surface area (Å²) in [5, 5.41) is 9.96. The second kappa shape index (κ2) is 7.67. The highest BCUT2D eigenvalue weighted by Crippen LogP contribution is 2.13. The van der Waals surface area contributed by atoms with Gasteiger partial charge in [0, 0.05) is 44.1 Å². The van der Waals surface area contributed by atoms with Crippen LogP contribution in [0.2, 0.25) is 0 Å². The maximum absolute atomic E-state index is 12.0. The van der Waals surface area contributed by atoms with Crippen molar-refractivity contribution in [2.24, 2.45) is 7.05 Å². The van der Waals surface area contributed by atoms with E-state index >= 15 is 0 Å². The van der Waals surface area contributed by atoms with E-state index in [1.54, 1.807) is 10.9 Å². The molecule has 1 heterocycles. The van der Waals surface area contributed by atoms with E-state index in [0.717, 1.165) is 11.3 Å². The Balaban J connectivity index is 1.79. The molecule has 2 N–H and O–H groups in total. The quantitative estimate of drug-likeness (QED) is 0.860. The van der Waals surface area contributed by atoms with Crippen LogP contribution in [0.4, 0.5) is 10.5 Å². The molecule has 6 heteroatoms. The van der Waals surface area contributed by atoms with Crippen molar-refractivity contribution in [1.82, 2.24) is 20.4 Å². The lowest BCUT2D eigenvalue weighted by Crippen LogP contribution is -2.44. The largest absolute Gasteiger partial charge is 0.370 e. The van der Waals surface area contributed by atoms with Gasteiger partial charge in [-0.2, -0.15) is 5.10 Å². The number of urea groups is 1. The van der Waals surface area contributed by atoms with Crippen molar-refractivity contribution >= 4 is 11.7 Å². The van der Waals surface area contributed by atoms with Gasteiger partial charge in [-0.15, -0.1) is 0 Å². The molecule has 0 aliphatic heterocycles. The monoisotopic (exact) mass is 315 g/mol. The minimum Gasteiger partial charge on any atom is -0.370 e. The number of benzene rings is 1. The van der Waals surface area contributed by atoms with Crippen LogP contribution in [0.5, 0.6) is 0 Å². The van der Waals surface area contributed by atoms with Gasteiger partial charge in [-0.05, 0) is 26.0 Å². The summed E-state index contributed by atoms with van der Waals surface area (Å²) in [5.41, 5.74) is 2.11. The van der Waals surface area contributed by atoms with E-state index in [4.69, 9.17) is 0 Å². The molecule has 0 saturated heterocycles. The zero-order valence-electron chi connectivity index (χ0n) is 14.2. The Hall–Kier alpha value is -2.50. The Morgan fingerprint density at radius 1 is 1.30 bits per heavy atom. The molecule has 0 unspecified atom stereocenters. The highest BCUT2D eigenvalue weighted by Gasteiger charge is 2.14. The first kappa shape index (κ1) is 16.9. The fourth-order valence-corrected chi connectivity index (χ4v) is 2.29. The molecule has 1 aromatic heterocycles. The molecule has 0 radical (unpaired) electrons. The SMILES string of the molecule is C[C@H](NC(=O)NC[C@H](C)N(C)c1ccccc1)c1cnn(C)c1. The topological polar surface area (TPSA) is 62.2 Å². The molecule has 1 aromatic carbocycles. The van der Waals surface area contributed by atoms with E-state index in [1.807, 2.05) is 45.4 Å². The molecule has 2 aromatic rings. The van der Waals surface area contributed by atoms with Crippen molar-refractivity contribution in [1.29, 1.82) is 0 Å². The zero-order valence-corrected chi connectivity index (χ0v) is 14.2. The molecular weight excluding hydrogens is 290 g/mol. The number of anilines is 1. The molecule has 0 bridgehead atoms. The lowest BCUT2D eigenvalue weighted by molar-refractivity contribution is 0.237. The number of aromatic nitrogens is 2. The van der Waals surface area contributed by atoms with Crippen LogP contribution < -0.4 is 15.5 Å². The molecule has 2 rings (SSSR count). The van der Waals surface area contributed by atoms with Gasteiger partial charge in [0.15, 0.2) is 0 Å². The smallest absolute Gasteiger partial charge is 0.315 e. The summed E-state index contributed by atoms with van der Waals surface area (Å²) >= 11 is 0. The minimum absolute atomic E-state index is 0.0779. The Labute approximate surface area is 137 Å². The van der Waals surface area contributed by atoms with Crippen molar-refractivity contribution in [3.05, 3.63) is 48.3 Å². The molecule has 23 heavy (non-hydrogen) atoms. The van der Waals surface area contributed by atoms with Crippen LogP contribution >= 0.6 is 0 Å². The van der Waals surface area contributed by atoms with E-state index in [9.17, 15) is 4.79 Å². The number of likely N-dealkylation sites (N-methyl/N-ethyl adjacent to an activating group) is 1. The van der Waals surface area contributed by atoms with Crippen LogP contribution in [-0.2, 0) is 7.05 Å². The summed E-state index contributed by atoms with van der Waals surface area (Å²) in [6.45, 7) is 4.59. The van der Waals surface area contributed by atoms with Crippen molar-refractivity contribution in [3.63, 3.8) is 0 Å². The summed E-state index contributed by atoms with van der Waals surface area (Å²) in [5.74, 6) is 0. The van der Waals surface area contributed by atoms with Gasteiger partial charge in [-0.25, -0.2) is 4.79 Å². The summed E-state index contributed by atoms with van der Waals surface area (Å²) in [6.07, 6.45) is 3.66. The van der Waals surface area contributed by atoms with Crippen LogP contribution in [0.3, 0.4) is 0 Å². The molecule has 0 aliphatic carbocycles. The van der Waals surface area contributed by atoms with Gasteiger partial charge >= 0.3 is 6.03 Å². The maximum Gasteiger partial charge on any atom is 0.315 e. The fourth-order valence-electron chi connectivity index (χ4n) is 2.29. The summed E-state index contributed by atoms with van der Waals surface area (Å²) < 4.78 is 1.72. The van der Waals surface area contributed by atoms with Gasteiger partial charge in [0.05, 0.1) is 12.2 Å². The maximum atomic E-state index is 12.0. The fraction of sp³-hybridized carbons (Fsp3) is 0.412. The highest BCUT2D eigenvalue weighted by molar-refractivity contribution is 5.74. The van der Waals surface area contributed by atoms with E-state index in [0.29, 0.717) is 6.54 Å². The second-order valence-electron chi connectivity index (χ2n) is 5.82. The molecule has 0 saturated carbocycles. The third kappa shape index (κ3) is 4.74. The van der Waals surface area contributed by atoms with Crippen LogP contribution in [0.15, 0.2) is 42.7 Å². The van der Waals surface area contributed by atoms with Crippen molar-refractivity contribution in [3.8, 4) is 0 Å². The molecule has 124 valence electrons. The second-order valence-corrected chi connectivity index (χ2v) is 5.82. The van der Waals surface area contributed by atoms with Gasteiger partial charge in [0.2, 0.25) is 0 Å². The van der Waals surface area contributed by atoms with Gasteiger partial charge < -0.3 is 15.5 Å². The standard InChI is InChI=1S/C17H25N5O/c1-13(22(4)16-8-6-5-7-9-16)10-18-17(23)20-14(2)15-11-19-21(3)12-15/h5-9,11-14H,10H2,1-4H3,(H2,18,20,23)/t13-,14-/m0/s1. The third-order valence-electron chi connectivity index (χ3n) is 3.96. The summed E-state index contributed by atoms with van der Waals surface area (Å²) in [4.78, 5) is 14.2. The molecule has 2 atom stereocenters. The Bertz CT molecular complexity index is 625. The highest BCUT2D eigenvalue weighted by atomic mass is 16.2. The van der Waals surface area contributed by atoms with Crippen LogP contribution in [0, 0.1) is 0 Å². The van der Waals surface area contributed by atoms with Crippen molar-refractivity contribution < 1.29 is 4.79 Å². The van der Waals surface area contributed by atoms with Gasteiger partial charge in [-0.1, -0.05) is 18.2 Å². The third-order valence-corrected chi connectivity index (χ3v) is 3.96. The summed E-state index contributed by atoms with van der Waals surface area (Å²) in [6, 6.07) is 10.1. The summed E-state index contributed by atoms with van der Waals surface area (Å²) in [7, 11) is 3.88. The molecular formula is C17H25N5O. The van der Waals surface area contributed by atoms with Gasteiger partial charge in [0.1, 0.15) is 0 Å². The zero-order chi connectivity index (χ0) is 16.8.